The summed E-state index contributed by atoms with van der Waals surface area (Å²) in [6, 6.07) is 25.6. The van der Waals surface area contributed by atoms with E-state index in [1.54, 1.807) is 26.2 Å². The molecular weight excluding hydrogens is 919 g/mol. The Morgan fingerprint density at radius 3 is 1.52 bits per heavy atom. The number of anilines is 4. The van der Waals surface area contributed by atoms with Crippen molar-refractivity contribution in [1.29, 1.82) is 0 Å². The van der Waals surface area contributed by atoms with Crippen molar-refractivity contribution < 1.29 is 14.8 Å². The summed E-state index contributed by atoms with van der Waals surface area (Å²) in [7, 11) is 7.21. The molecule has 1 fully saturated rings. The second-order valence-corrected chi connectivity index (χ2v) is 15.9. The molecule has 0 bridgehead atoms. The largest absolute Gasteiger partial charge is 0.397 e. The van der Waals surface area contributed by atoms with E-state index in [9.17, 15) is 30.3 Å². The lowest BCUT2D eigenvalue weighted by atomic mass is 9.77. The molecule has 7 rings (SSSR count). The normalized spacial score (nSPS) is 12.3. The van der Waals surface area contributed by atoms with Gasteiger partial charge in [-0.25, -0.2) is 4.98 Å². The molecule has 0 atom stereocenters. The second-order valence-electron chi connectivity index (χ2n) is 14.7. The van der Waals surface area contributed by atoms with Gasteiger partial charge in [0.15, 0.2) is 0 Å². The van der Waals surface area contributed by atoms with Crippen molar-refractivity contribution in [3.8, 4) is 0 Å². The molecular formula is C48H55Cl3N10O6. The predicted octanol–water partition coefficient (Wildman–Crippen LogP) is 13.1. The van der Waals surface area contributed by atoms with Crippen molar-refractivity contribution in [1.82, 2.24) is 9.55 Å². The van der Waals surface area contributed by atoms with E-state index < -0.39 is 14.8 Å². The maximum Gasteiger partial charge on any atom is 0.292 e. The van der Waals surface area contributed by atoms with Gasteiger partial charge in [-0.15, -0.1) is 0 Å². The molecule has 0 aliphatic heterocycles. The first-order valence-corrected chi connectivity index (χ1v) is 21.9. The lowest BCUT2D eigenvalue weighted by Gasteiger charge is -2.37. The Labute approximate surface area is 404 Å². The highest BCUT2D eigenvalue weighted by molar-refractivity contribution is 6.36. The SMILES string of the molecule is C/C=C/c1ccc(N)c(NC)c1.C/C=C/c1ccc([N+](=O)[O-])c(NC)c1.C/C=C/c1ccc2nc(C3(N)CCC3)n(C)c2c1.CNc1cc(Cl)ccc1[N+](=O)[O-].O=[N+]([O-])c1ccc(Cl)cc1Cl. The predicted molar refractivity (Wildman–Crippen MR) is 278 cm³/mol. The summed E-state index contributed by atoms with van der Waals surface area (Å²) in [6.45, 7) is 5.93. The summed E-state index contributed by atoms with van der Waals surface area (Å²) in [6.07, 6.45) is 15.3. The Balaban J connectivity index is 0.000000225. The number of aryl methyl sites for hydroxylation is 1. The molecule has 5 aromatic carbocycles. The van der Waals surface area contributed by atoms with Gasteiger partial charge in [-0.2, -0.15) is 0 Å². The third-order valence-electron chi connectivity index (χ3n) is 10.0. The number of rotatable bonds is 10. The van der Waals surface area contributed by atoms with Crippen molar-refractivity contribution in [3.05, 3.63) is 177 Å². The molecule has 1 heterocycles. The molecule has 67 heavy (non-hydrogen) atoms. The molecule has 0 spiro atoms. The van der Waals surface area contributed by atoms with Crippen molar-refractivity contribution in [2.24, 2.45) is 12.8 Å². The third kappa shape index (κ3) is 15.6. The fourth-order valence-corrected chi connectivity index (χ4v) is 7.17. The van der Waals surface area contributed by atoms with E-state index in [1.165, 1.54) is 54.4 Å². The number of fused-ring (bicyclic) bond motifs is 1. The molecule has 1 aromatic heterocycles. The number of imidazole rings is 1. The molecule has 19 heteroatoms. The Bertz CT molecular complexity index is 2750. The van der Waals surface area contributed by atoms with Gasteiger partial charge in [-0.05, 0) is 117 Å². The Morgan fingerprint density at radius 1 is 0.627 bits per heavy atom. The van der Waals surface area contributed by atoms with Gasteiger partial charge in [-0.3, -0.25) is 30.3 Å². The maximum absolute atomic E-state index is 10.6. The number of hydrogen-bond donors (Lipinski definition) is 5. The van der Waals surface area contributed by atoms with Gasteiger partial charge >= 0.3 is 0 Å². The van der Waals surface area contributed by atoms with Crippen LogP contribution < -0.4 is 27.4 Å². The number of benzene rings is 5. The highest BCUT2D eigenvalue weighted by Gasteiger charge is 2.38. The molecule has 0 saturated heterocycles. The number of allylic oxidation sites excluding steroid dienone is 3. The minimum atomic E-state index is -0.557. The average Bonchev–Trinajstić information content (AvgIpc) is 3.62. The van der Waals surface area contributed by atoms with E-state index in [1.807, 2.05) is 70.3 Å². The summed E-state index contributed by atoms with van der Waals surface area (Å²) in [5.74, 6) is 1.03. The van der Waals surface area contributed by atoms with E-state index in [0.29, 0.717) is 21.4 Å². The van der Waals surface area contributed by atoms with Crippen LogP contribution >= 0.6 is 34.8 Å². The zero-order valence-corrected chi connectivity index (χ0v) is 40.5. The Kier molecular flexibility index (Phi) is 21.3. The molecule has 0 radical (unpaired) electrons. The molecule has 1 aliphatic carbocycles. The van der Waals surface area contributed by atoms with E-state index in [4.69, 9.17) is 51.3 Å². The number of nitrogens with two attached hydrogens (primary N) is 2. The van der Waals surface area contributed by atoms with Crippen LogP contribution in [0.15, 0.2) is 109 Å². The van der Waals surface area contributed by atoms with Crippen LogP contribution in [0.4, 0.5) is 39.8 Å². The molecule has 0 unspecified atom stereocenters. The number of nitro benzene ring substituents is 3. The average molecular weight is 974 g/mol. The van der Waals surface area contributed by atoms with Gasteiger partial charge in [0.25, 0.3) is 17.1 Å². The molecule has 354 valence electrons. The summed E-state index contributed by atoms with van der Waals surface area (Å²) < 4.78 is 2.15. The van der Waals surface area contributed by atoms with Crippen molar-refractivity contribution >= 4 is 104 Å². The topological polar surface area (TPSA) is 235 Å². The van der Waals surface area contributed by atoms with E-state index in [0.717, 1.165) is 52.2 Å². The van der Waals surface area contributed by atoms with Crippen LogP contribution in [0.1, 0.15) is 62.5 Å². The van der Waals surface area contributed by atoms with Crippen LogP contribution in [0.5, 0.6) is 0 Å². The van der Waals surface area contributed by atoms with Gasteiger partial charge in [0.1, 0.15) is 22.2 Å². The monoisotopic (exact) mass is 972 g/mol. The minimum Gasteiger partial charge on any atom is -0.397 e. The number of hydrogen-bond acceptors (Lipinski definition) is 12. The minimum absolute atomic E-state index is 0.0295. The van der Waals surface area contributed by atoms with Crippen LogP contribution in [0.2, 0.25) is 15.1 Å². The Morgan fingerprint density at radius 2 is 1.06 bits per heavy atom. The van der Waals surface area contributed by atoms with Crippen molar-refractivity contribution in [3.63, 3.8) is 0 Å². The highest BCUT2D eigenvalue weighted by atomic mass is 35.5. The van der Waals surface area contributed by atoms with Gasteiger partial charge < -0.3 is 32.0 Å². The Hall–Kier alpha value is -6.98. The van der Waals surface area contributed by atoms with Crippen molar-refractivity contribution in [2.75, 3.05) is 42.8 Å². The second kappa shape index (κ2) is 26.2. The lowest BCUT2D eigenvalue weighted by Crippen LogP contribution is -2.45. The number of nitrogens with zero attached hydrogens (tertiary/aromatic N) is 5. The summed E-state index contributed by atoms with van der Waals surface area (Å²) >= 11 is 16.7. The van der Waals surface area contributed by atoms with Crippen LogP contribution in [0.3, 0.4) is 0 Å². The van der Waals surface area contributed by atoms with Gasteiger partial charge in [0, 0.05) is 56.4 Å². The molecule has 0 amide bonds. The molecule has 6 aromatic rings. The number of nitrogen functional groups attached to an aromatic ring is 1. The molecule has 1 aliphatic rings. The number of nitrogens with one attached hydrogen (secondary N) is 3. The first-order valence-electron chi connectivity index (χ1n) is 20.7. The van der Waals surface area contributed by atoms with Gasteiger partial charge in [0.2, 0.25) is 0 Å². The highest BCUT2D eigenvalue weighted by Crippen LogP contribution is 2.39. The molecule has 7 N–H and O–H groups in total. The van der Waals surface area contributed by atoms with E-state index in [-0.39, 0.29) is 27.6 Å². The fraction of sp³-hybridized carbons (Fsp3) is 0.229. The van der Waals surface area contributed by atoms with Crippen LogP contribution in [0.25, 0.3) is 29.3 Å². The number of nitro groups is 3. The smallest absolute Gasteiger partial charge is 0.292 e. The van der Waals surface area contributed by atoms with Crippen molar-refractivity contribution in [2.45, 2.75) is 45.6 Å². The summed E-state index contributed by atoms with van der Waals surface area (Å²) in [5, 5.41) is 40.7. The zero-order chi connectivity index (χ0) is 49.8. The van der Waals surface area contributed by atoms with Gasteiger partial charge in [-0.1, -0.05) is 83.4 Å². The number of halogens is 3. The molecule has 1 saturated carbocycles. The standard InChI is InChI=1S/C15H19N3.C10H12N2O2.C10H14N2.C7H7ClN2O2.C6H3Cl2NO2/c1-3-5-11-6-7-12-13(10-11)18(2)14(17-12)15(16)8-4-9-15;1-3-4-8-5-6-10(12(13)14)9(7-8)11-2;1-3-4-8-5-6-9(11)10(7-8)12-2;1-9-6-4-5(8)2-3-7(6)10(11)12;7-4-1-2-6(9(10)11)5(8)3-4/h3,5-7,10H,4,8-9,16H2,1-2H3;3-7,11H,1-2H3;3-7,12H,11H2,1-2H3;2-4,9H,1H3;1-3H/b5-3+;2*4-3+;;. The zero-order valence-electron chi connectivity index (χ0n) is 38.2. The lowest BCUT2D eigenvalue weighted by molar-refractivity contribution is -0.384. The van der Waals surface area contributed by atoms with Gasteiger partial charge in [0.05, 0.1) is 42.7 Å². The fourth-order valence-electron chi connectivity index (χ4n) is 6.52. The van der Waals surface area contributed by atoms with Crippen LogP contribution in [-0.4, -0.2) is 45.5 Å². The quantitative estimate of drug-likeness (QED) is 0.0490. The molecule has 16 nitrogen and oxygen atoms in total. The van der Waals surface area contributed by atoms with E-state index in [2.05, 4.69) is 57.9 Å². The third-order valence-corrected chi connectivity index (χ3v) is 10.8. The van der Waals surface area contributed by atoms with Crippen LogP contribution in [-0.2, 0) is 12.6 Å². The first-order chi connectivity index (χ1) is 31.9. The van der Waals surface area contributed by atoms with Crippen LogP contribution in [0, 0.1) is 30.3 Å². The maximum atomic E-state index is 10.6. The first kappa shape index (κ1) is 54.4. The number of aromatic nitrogens is 2. The summed E-state index contributed by atoms with van der Waals surface area (Å²) in [4.78, 5) is 34.5. The van der Waals surface area contributed by atoms with E-state index >= 15 is 0 Å². The summed E-state index contributed by atoms with van der Waals surface area (Å²) in [5.41, 5.74) is 20.1.